The Balaban J connectivity index is 1.75. The Labute approximate surface area is 179 Å². The normalized spacial score (nSPS) is 10.8. The zero-order chi connectivity index (χ0) is 18.5. The average Bonchev–Trinajstić information content (AvgIpc) is 2.65. The molecule has 0 aliphatic heterocycles. The van der Waals surface area contributed by atoms with Gasteiger partial charge in [0.1, 0.15) is 5.03 Å². The molecular formula is C18H13BrCl2N2OS2. The Morgan fingerprint density at radius 1 is 1.08 bits per heavy atom. The third kappa shape index (κ3) is 5.30. The molecule has 3 rings (SSSR count). The average molecular weight is 488 g/mol. The van der Waals surface area contributed by atoms with E-state index in [1.807, 2.05) is 36.4 Å². The van der Waals surface area contributed by atoms with E-state index in [1.165, 1.54) is 23.5 Å². The Morgan fingerprint density at radius 2 is 1.85 bits per heavy atom. The number of hydrogen-bond acceptors (Lipinski definition) is 5. The van der Waals surface area contributed by atoms with Crippen molar-refractivity contribution in [3.05, 3.63) is 68.7 Å². The van der Waals surface area contributed by atoms with E-state index in [0.717, 1.165) is 20.0 Å². The second-order valence-electron chi connectivity index (χ2n) is 5.12. The van der Waals surface area contributed by atoms with Crippen molar-refractivity contribution in [2.75, 3.05) is 7.11 Å². The first kappa shape index (κ1) is 19.8. The van der Waals surface area contributed by atoms with Gasteiger partial charge in [-0.2, -0.15) is 0 Å². The number of aromatic nitrogens is 2. The molecular weight excluding hydrogens is 475 g/mol. The van der Waals surface area contributed by atoms with Gasteiger partial charge < -0.3 is 4.74 Å². The zero-order valence-electron chi connectivity index (χ0n) is 13.6. The SMILES string of the molecule is COc1cnc(SCc2ccc(Cl)c(Cl)c2)nc1Sc1ccc(Br)cc1. The smallest absolute Gasteiger partial charge is 0.189 e. The number of ether oxygens (including phenoxy) is 1. The summed E-state index contributed by atoms with van der Waals surface area (Å²) in [6.07, 6.45) is 1.70. The van der Waals surface area contributed by atoms with Gasteiger partial charge in [-0.15, -0.1) is 0 Å². The topological polar surface area (TPSA) is 35.0 Å². The molecule has 26 heavy (non-hydrogen) atoms. The number of benzene rings is 2. The summed E-state index contributed by atoms with van der Waals surface area (Å²) in [7, 11) is 1.62. The molecule has 0 radical (unpaired) electrons. The molecule has 2 aromatic carbocycles. The number of nitrogens with zero attached hydrogens (tertiary/aromatic N) is 2. The highest BCUT2D eigenvalue weighted by Crippen LogP contribution is 2.35. The molecule has 0 spiro atoms. The van der Waals surface area contributed by atoms with Crippen LogP contribution in [0.15, 0.2) is 68.2 Å². The maximum Gasteiger partial charge on any atom is 0.189 e. The first-order valence-corrected chi connectivity index (χ1v) is 10.8. The standard InChI is InChI=1S/C18H13BrCl2N2OS2/c1-24-16-9-22-18(25-10-11-2-7-14(20)15(21)8-11)23-17(16)26-13-5-3-12(19)4-6-13/h2-9H,10H2,1H3. The van der Waals surface area contributed by atoms with Gasteiger partial charge in [-0.1, -0.05) is 68.7 Å². The van der Waals surface area contributed by atoms with Crippen LogP contribution in [0.1, 0.15) is 5.56 Å². The van der Waals surface area contributed by atoms with Crippen molar-refractivity contribution < 1.29 is 4.74 Å². The highest BCUT2D eigenvalue weighted by Gasteiger charge is 2.11. The molecule has 0 atom stereocenters. The molecule has 3 nitrogen and oxygen atoms in total. The van der Waals surface area contributed by atoms with Gasteiger partial charge in [0, 0.05) is 15.1 Å². The summed E-state index contributed by atoms with van der Waals surface area (Å²) in [5.74, 6) is 1.35. The predicted octanol–water partition coefficient (Wildman–Crippen LogP) is 7.00. The first-order valence-electron chi connectivity index (χ1n) is 7.46. The van der Waals surface area contributed by atoms with Gasteiger partial charge >= 0.3 is 0 Å². The molecule has 0 saturated heterocycles. The lowest BCUT2D eigenvalue weighted by molar-refractivity contribution is 0.395. The number of thioether (sulfide) groups is 1. The number of hydrogen-bond donors (Lipinski definition) is 0. The van der Waals surface area contributed by atoms with Gasteiger partial charge in [0.15, 0.2) is 10.9 Å². The third-order valence-corrected chi connectivity index (χ3v) is 6.49. The van der Waals surface area contributed by atoms with Crippen molar-refractivity contribution in [1.82, 2.24) is 9.97 Å². The third-order valence-electron chi connectivity index (χ3n) is 3.30. The van der Waals surface area contributed by atoms with Crippen LogP contribution in [0.2, 0.25) is 10.0 Å². The van der Waals surface area contributed by atoms with Crippen LogP contribution >= 0.6 is 62.7 Å². The minimum atomic E-state index is 0.548. The minimum absolute atomic E-state index is 0.548. The Morgan fingerprint density at radius 3 is 2.54 bits per heavy atom. The largest absolute Gasteiger partial charge is 0.492 e. The molecule has 0 aliphatic rings. The van der Waals surface area contributed by atoms with Gasteiger partial charge in [0.25, 0.3) is 0 Å². The van der Waals surface area contributed by atoms with Crippen LogP contribution in [0.3, 0.4) is 0 Å². The molecule has 0 amide bonds. The van der Waals surface area contributed by atoms with Gasteiger partial charge in [0.2, 0.25) is 0 Å². The van der Waals surface area contributed by atoms with E-state index < -0.39 is 0 Å². The van der Waals surface area contributed by atoms with E-state index in [2.05, 4.69) is 25.9 Å². The van der Waals surface area contributed by atoms with E-state index in [1.54, 1.807) is 19.4 Å². The monoisotopic (exact) mass is 486 g/mol. The summed E-state index contributed by atoms with van der Waals surface area (Å²) < 4.78 is 6.43. The summed E-state index contributed by atoms with van der Waals surface area (Å²) in [5, 5.41) is 2.55. The van der Waals surface area contributed by atoms with Crippen molar-refractivity contribution in [3.8, 4) is 5.75 Å². The molecule has 0 N–H and O–H groups in total. The van der Waals surface area contributed by atoms with E-state index in [9.17, 15) is 0 Å². The fourth-order valence-corrected chi connectivity index (χ4v) is 4.28. The summed E-state index contributed by atoms with van der Waals surface area (Å²) in [6, 6.07) is 13.6. The molecule has 3 aromatic rings. The lowest BCUT2D eigenvalue weighted by Crippen LogP contribution is -1.95. The van der Waals surface area contributed by atoms with Gasteiger partial charge in [-0.3, -0.25) is 0 Å². The highest BCUT2D eigenvalue weighted by atomic mass is 79.9. The van der Waals surface area contributed by atoms with Crippen LogP contribution < -0.4 is 4.74 Å². The fraction of sp³-hybridized carbons (Fsp3) is 0.111. The zero-order valence-corrected chi connectivity index (χ0v) is 18.3. The summed E-state index contributed by atoms with van der Waals surface area (Å²) in [6.45, 7) is 0. The van der Waals surface area contributed by atoms with E-state index in [0.29, 0.717) is 26.7 Å². The van der Waals surface area contributed by atoms with Crippen LogP contribution in [-0.4, -0.2) is 17.1 Å². The van der Waals surface area contributed by atoms with E-state index in [-0.39, 0.29) is 0 Å². The van der Waals surface area contributed by atoms with Crippen LogP contribution in [0.5, 0.6) is 5.75 Å². The van der Waals surface area contributed by atoms with Crippen molar-refractivity contribution in [3.63, 3.8) is 0 Å². The quantitative estimate of drug-likeness (QED) is 0.212. The van der Waals surface area contributed by atoms with Crippen molar-refractivity contribution in [2.45, 2.75) is 20.8 Å². The van der Waals surface area contributed by atoms with E-state index >= 15 is 0 Å². The molecule has 0 aliphatic carbocycles. The van der Waals surface area contributed by atoms with Gasteiger partial charge in [-0.05, 0) is 42.0 Å². The van der Waals surface area contributed by atoms with Crippen LogP contribution in [0, 0.1) is 0 Å². The Hall–Kier alpha value is -0.920. The molecule has 0 unspecified atom stereocenters. The second kappa shape index (κ2) is 9.33. The summed E-state index contributed by atoms with van der Waals surface area (Å²) in [5.41, 5.74) is 1.06. The molecule has 1 aromatic heterocycles. The molecule has 1 heterocycles. The number of methoxy groups -OCH3 is 1. The van der Waals surface area contributed by atoms with Crippen LogP contribution in [0.4, 0.5) is 0 Å². The lowest BCUT2D eigenvalue weighted by Gasteiger charge is -2.09. The molecule has 0 saturated carbocycles. The lowest BCUT2D eigenvalue weighted by atomic mass is 10.2. The molecule has 8 heteroatoms. The van der Waals surface area contributed by atoms with Crippen molar-refractivity contribution in [2.24, 2.45) is 0 Å². The highest BCUT2D eigenvalue weighted by molar-refractivity contribution is 9.10. The van der Waals surface area contributed by atoms with Crippen LogP contribution in [-0.2, 0) is 5.75 Å². The Kier molecular flexibility index (Phi) is 7.12. The summed E-state index contributed by atoms with van der Waals surface area (Å²) in [4.78, 5) is 10.1. The van der Waals surface area contributed by atoms with Crippen molar-refractivity contribution >= 4 is 62.7 Å². The van der Waals surface area contributed by atoms with Gasteiger partial charge in [0.05, 0.1) is 23.4 Å². The molecule has 0 fully saturated rings. The maximum absolute atomic E-state index is 6.07. The fourth-order valence-electron chi connectivity index (χ4n) is 2.01. The van der Waals surface area contributed by atoms with Crippen LogP contribution in [0.25, 0.3) is 0 Å². The van der Waals surface area contributed by atoms with Crippen molar-refractivity contribution in [1.29, 1.82) is 0 Å². The number of halogens is 3. The summed E-state index contributed by atoms with van der Waals surface area (Å²) >= 11 is 18.5. The predicted molar refractivity (Wildman–Crippen MR) is 113 cm³/mol. The molecule has 0 bridgehead atoms. The first-order chi connectivity index (χ1) is 12.5. The van der Waals surface area contributed by atoms with Gasteiger partial charge in [-0.25, -0.2) is 9.97 Å². The minimum Gasteiger partial charge on any atom is -0.492 e. The maximum atomic E-state index is 6.07. The Bertz CT molecular complexity index is 910. The molecule has 134 valence electrons. The number of rotatable bonds is 6. The van der Waals surface area contributed by atoms with E-state index in [4.69, 9.17) is 27.9 Å². The second-order valence-corrected chi connectivity index (χ2v) is 8.85.